The second-order valence-corrected chi connectivity index (χ2v) is 11.4. The SMILES string of the molecule is CC(=O)[C@H]([C@H](C)O)[Si](C)(C)C(C)(C)C. The van der Waals surface area contributed by atoms with E-state index in [-0.39, 0.29) is 16.4 Å². The molecule has 0 unspecified atom stereocenters. The number of hydrogen-bond acceptors (Lipinski definition) is 2. The van der Waals surface area contributed by atoms with Crippen molar-refractivity contribution in [3.8, 4) is 0 Å². The molecular weight excluding hydrogens is 192 g/mol. The standard InChI is InChI=1S/C11H24O2Si/c1-8(12)10(9(2)13)14(6,7)11(3,4)5/h8,10,12H,1-7H3/t8-,10-/m0/s1. The van der Waals surface area contributed by atoms with Crippen molar-refractivity contribution in [2.75, 3.05) is 0 Å². The summed E-state index contributed by atoms with van der Waals surface area (Å²) in [6.07, 6.45) is -0.520. The Hall–Kier alpha value is -0.153. The Morgan fingerprint density at radius 1 is 1.29 bits per heavy atom. The van der Waals surface area contributed by atoms with Crippen molar-refractivity contribution in [2.24, 2.45) is 0 Å². The molecule has 14 heavy (non-hydrogen) atoms. The van der Waals surface area contributed by atoms with Gasteiger partial charge in [0.25, 0.3) is 0 Å². The van der Waals surface area contributed by atoms with Crippen LogP contribution >= 0.6 is 0 Å². The molecule has 0 spiro atoms. The van der Waals surface area contributed by atoms with E-state index < -0.39 is 14.2 Å². The molecule has 0 aromatic heterocycles. The van der Waals surface area contributed by atoms with Crippen LogP contribution in [-0.4, -0.2) is 25.1 Å². The van der Waals surface area contributed by atoms with E-state index >= 15 is 0 Å². The maximum Gasteiger partial charge on any atom is 0.132 e. The van der Waals surface area contributed by atoms with Gasteiger partial charge in [0, 0.05) is 5.54 Å². The van der Waals surface area contributed by atoms with Crippen LogP contribution in [0.2, 0.25) is 23.7 Å². The lowest BCUT2D eigenvalue weighted by atomic mass is 10.2. The Labute approximate surface area is 88.7 Å². The first kappa shape index (κ1) is 13.8. The van der Waals surface area contributed by atoms with Gasteiger partial charge in [-0.05, 0) is 18.9 Å². The summed E-state index contributed by atoms with van der Waals surface area (Å²) in [4.78, 5) is 11.6. The van der Waals surface area contributed by atoms with Crippen LogP contribution in [0.25, 0.3) is 0 Å². The number of ketones is 1. The molecular formula is C11H24O2Si. The highest BCUT2D eigenvalue weighted by Gasteiger charge is 2.46. The summed E-state index contributed by atoms with van der Waals surface area (Å²) >= 11 is 0. The van der Waals surface area contributed by atoms with E-state index in [1.54, 1.807) is 13.8 Å². The highest BCUT2D eigenvalue weighted by Crippen LogP contribution is 2.45. The van der Waals surface area contributed by atoms with Gasteiger partial charge in [-0.2, -0.15) is 0 Å². The van der Waals surface area contributed by atoms with Crippen molar-refractivity contribution in [3.05, 3.63) is 0 Å². The molecule has 0 saturated heterocycles. The van der Waals surface area contributed by atoms with Crippen LogP contribution in [0.5, 0.6) is 0 Å². The zero-order chi connectivity index (χ0) is 11.7. The Morgan fingerprint density at radius 2 is 1.64 bits per heavy atom. The van der Waals surface area contributed by atoms with Crippen molar-refractivity contribution in [2.45, 2.75) is 64.4 Å². The van der Waals surface area contributed by atoms with Crippen LogP contribution in [0.15, 0.2) is 0 Å². The molecule has 0 saturated carbocycles. The van der Waals surface area contributed by atoms with E-state index in [0.717, 1.165) is 0 Å². The van der Waals surface area contributed by atoms with Crippen molar-refractivity contribution < 1.29 is 9.90 Å². The molecule has 0 radical (unpaired) electrons. The van der Waals surface area contributed by atoms with Gasteiger partial charge in [-0.25, -0.2) is 0 Å². The van der Waals surface area contributed by atoms with Crippen LogP contribution in [-0.2, 0) is 4.79 Å². The minimum Gasteiger partial charge on any atom is -0.393 e. The highest BCUT2D eigenvalue weighted by atomic mass is 28.3. The number of hydrogen-bond donors (Lipinski definition) is 1. The van der Waals surface area contributed by atoms with Crippen molar-refractivity contribution in [3.63, 3.8) is 0 Å². The zero-order valence-corrected chi connectivity index (χ0v) is 11.5. The van der Waals surface area contributed by atoms with Crippen LogP contribution in [0, 0.1) is 0 Å². The zero-order valence-electron chi connectivity index (χ0n) is 10.5. The number of aliphatic hydroxyl groups is 1. The molecule has 0 bridgehead atoms. The first-order valence-electron chi connectivity index (χ1n) is 5.20. The first-order chi connectivity index (χ1) is 6.01. The molecule has 0 amide bonds. The third kappa shape index (κ3) is 2.67. The topological polar surface area (TPSA) is 37.3 Å². The average Bonchev–Trinajstić information content (AvgIpc) is 1.79. The number of rotatable bonds is 3. The normalized spacial score (nSPS) is 17.7. The average molecular weight is 216 g/mol. The van der Waals surface area contributed by atoms with E-state index in [1.165, 1.54) is 0 Å². The molecule has 0 aliphatic rings. The Morgan fingerprint density at radius 3 is 1.71 bits per heavy atom. The van der Waals surface area contributed by atoms with Crippen LogP contribution < -0.4 is 0 Å². The van der Waals surface area contributed by atoms with E-state index in [2.05, 4.69) is 33.9 Å². The van der Waals surface area contributed by atoms with Gasteiger partial charge in [0.15, 0.2) is 0 Å². The summed E-state index contributed by atoms with van der Waals surface area (Å²) in [7, 11) is -1.76. The van der Waals surface area contributed by atoms with Gasteiger partial charge in [0.1, 0.15) is 5.78 Å². The smallest absolute Gasteiger partial charge is 0.132 e. The lowest BCUT2D eigenvalue weighted by Crippen LogP contribution is -2.48. The van der Waals surface area contributed by atoms with Gasteiger partial charge in [0.05, 0.1) is 14.2 Å². The van der Waals surface area contributed by atoms with Gasteiger partial charge in [0.2, 0.25) is 0 Å². The maximum absolute atomic E-state index is 11.6. The van der Waals surface area contributed by atoms with E-state index in [0.29, 0.717) is 0 Å². The molecule has 0 aliphatic heterocycles. The second kappa shape index (κ2) is 4.15. The van der Waals surface area contributed by atoms with E-state index in [9.17, 15) is 9.90 Å². The summed E-state index contributed by atoms with van der Waals surface area (Å²) in [6.45, 7) is 14.2. The quantitative estimate of drug-likeness (QED) is 0.737. The van der Waals surface area contributed by atoms with Gasteiger partial charge in [-0.15, -0.1) is 0 Å². The fourth-order valence-corrected chi connectivity index (χ4v) is 5.07. The predicted molar refractivity (Wildman–Crippen MR) is 63.3 cm³/mol. The molecule has 0 rings (SSSR count). The van der Waals surface area contributed by atoms with Gasteiger partial charge in [-0.1, -0.05) is 33.9 Å². The van der Waals surface area contributed by atoms with E-state index in [4.69, 9.17) is 0 Å². The summed E-state index contributed by atoms with van der Waals surface area (Å²) in [6, 6.07) is 0. The number of carbonyl (C=O) groups excluding carboxylic acids is 1. The third-order valence-electron chi connectivity index (χ3n) is 3.63. The molecule has 0 fully saturated rings. The van der Waals surface area contributed by atoms with Crippen LogP contribution in [0.3, 0.4) is 0 Å². The molecule has 0 aromatic rings. The summed E-state index contributed by atoms with van der Waals surface area (Å²) in [5.74, 6) is 0.131. The first-order valence-corrected chi connectivity index (χ1v) is 8.28. The monoisotopic (exact) mass is 216 g/mol. The number of Topliss-reactive ketones (excluding diaryl/α,β-unsaturated/α-hetero) is 1. The molecule has 2 nitrogen and oxygen atoms in total. The van der Waals surface area contributed by atoms with Gasteiger partial charge in [-0.3, -0.25) is 4.79 Å². The van der Waals surface area contributed by atoms with Gasteiger partial charge >= 0.3 is 0 Å². The Balaban J connectivity index is 5.11. The number of carbonyl (C=O) groups is 1. The Bertz CT molecular complexity index is 214. The summed E-state index contributed by atoms with van der Waals surface area (Å²) in [5, 5.41) is 9.83. The lowest BCUT2D eigenvalue weighted by Gasteiger charge is -2.43. The second-order valence-electron chi connectivity index (χ2n) is 5.80. The molecule has 2 atom stereocenters. The van der Waals surface area contributed by atoms with Crippen molar-refractivity contribution in [1.29, 1.82) is 0 Å². The van der Waals surface area contributed by atoms with Crippen molar-refractivity contribution in [1.82, 2.24) is 0 Å². The molecule has 0 aliphatic carbocycles. The maximum atomic E-state index is 11.6. The third-order valence-corrected chi connectivity index (χ3v) is 9.94. The molecule has 1 N–H and O–H groups in total. The number of aliphatic hydroxyl groups excluding tert-OH is 1. The molecule has 3 heteroatoms. The van der Waals surface area contributed by atoms with Gasteiger partial charge < -0.3 is 5.11 Å². The molecule has 0 heterocycles. The van der Waals surface area contributed by atoms with Crippen molar-refractivity contribution >= 4 is 13.9 Å². The Kier molecular flexibility index (Phi) is 4.10. The summed E-state index contributed by atoms with van der Waals surface area (Å²) < 4.78 is 0. The predicted octanol–water partition coefficient (Wildman–Crippen LogP) is 2.83. The van der Waals surface area contributed by atoms with Crippen LogP contribution in [0.1, 0.15) is 34.6 Å². The summed E-state index contributed by atoms with van der Waals surface area (Å²) in [5.41, 5.74) is -0.150. The van der Waals surface area contributed by atoms with E-state index in [1.807, 2.05) is 0 Å². The van der Waals surface area contributed by atoms with Crippen LogP contribution in [0.4, 0.5) is 0 Å². The fourth-order valence-electron chi connectivity index (χ4n) is 1.92. The minimum atomic E-state index is -1.76. The molecule has 0 aromatic carbocycles. The fraction of sp³-hybridized carbons (Fsp3) is 0.909. The lowest BCUT2D eigenvalue weighted by molar-refractivity contribution is -0.118. The largest absolute Gasteiger partial charge is 0.393 e. The molecule has 84 valence electrons. The highest BCUT2D eigenvalue weighted by molar-refractivity contribution is 6.84. The minimum absolute atomic E-state index is 0.131.